The molecule has 0 fully saturated rings. The van der Waals surface area contributed by atoms with Crippen LogP contribution in [0.25, 0.3) is 56.0 Å². The van der Waals surface area contributed by atoms with Crippen molar-refractivity contribution in [3.63, 3.8) is 0 Å². The summed E-state index contributed by atoms with van der Waals surface area (Å²) >= 11 is 0. The zero-order chi connectivity index (χ0) is 24.5. The second kappa shape index (κ2) is 8.99. The first-order valence-electron chi connectivity index (χ1n) is 11.5. The number of fused-ring (bicyclic) bond motifs is 2. The summed E-state index contributed by atoms with van der Waals surface area (Å²) in [7, 11) is 0. The molecule has 36 heavy (non-hydrogen) atoms. The topological polar surface area (TPSA) is 138 Å². The average molecular weight is 476 g/mol. The molecule has 0 saturated heterocycles. The highest BCUT2D eigenvalue weighted by atomic mass is 16.1. The lowest BCUT2D eigenvalue weighted by atomic mass is 10.1. The van der Waals surface area contributed by atoms with E-state index in [9.17, 15) is 4.79 Å². The molecule has 0 aliphatic carbocycles. The van der Waals surface area contributed by atoms with Crippen LogP contribution in [0.1, 0.15) is 19.8 Å². The second-order valence-corrected chi connectivity index (χ2v) is 8.34. The van der Waals surface area contributed by atoms with Crippen LogP contribution in [0.5, 0.6) is 0 Å². The molecule has 0 unspecified atom stereocenters. The molecule has 10 heteroatoms. The van der Waals surface area contributed by atoms with Crippen molar-refractivity contribution in [3.8, 4) is 33.9 Å². The number of carbonyl (C=O) groups is 1. The van der Waals surface area contributed by atoms with Crippen molar-refractivity contribution >= 4 is 33.7 Å². The van der Waals surface area contributed by atoms with E-state index in [-0.39, 0.29) is 5.91 Å². The minimum Gasteiger partial charge on any atom is -0.335 e. The number of anilines is 1. The normalized spacial score (nSPS) is 11.2. The number of amides is 1. The van der Waals surface area contributed by atoms with Crippen LogP contribution >= 0.6 is 0 Å². The highest BCUT2D eigenvalue weighted by molar-refractivity contribution is 5.96. The smallest absolute Gasteiger partial charge is 0.224 e. The Morgan fingerprint density at radius 2 is 1.81 bits per heavy atom. The maximum absolute atomic E-state index is 12.0. The number of rotatable bonds is 6. The highest BCUT2D eigenvalue weighted by Gasteiger charge is 2.17. The van der Waals surface area contributed by atoms with Crippen molar-refractivity contribution in [1.29, 1.82) is 0 Å². The molecule has 0 bridgehead atoms. The van der Waals surface area contributed by atoms with E-state index in [0.717, 1.165) is 39.7 Å². The lowest BCUT2D eigenvalue weighted by molar-refractivity contribution is -0.116. The first kappa shape index (κ1) is 21.5. The van der Waals surface area contributed by atoms with Crippen LogP contribution < -0.4 is 5.32 Å². The second-order valence-electron chi connectivity index (χ2n) is 8.34. The molecule has 6 aromatic heterocycles. The summed E-state index contributed by atoms with van der Waals surface area (Å²) in [6.07, 6.45) is 11.6. The van der Waals surface area contributed by atoms with Crippen molar-refractivity contribution in [2.45, 2.75) is 19.8 Å². The molecular formula is C26H21N9O. The number of imidazole rings is 1. The third-order valence-electron chi connectivity index (χ3n) is 5.79. The summed E-state index contributed by atoms with van der Waals surface area (Å²) in [5, 5.41) is 10.4. The van der Waals surface area contributed by atoms with E-state index in [1.54, 1.807) is 37.2 Å². The number of hydrogen-bond acceptors (Lipinski definition) is 7. The van der Waals surface area contributed by atoms with Gasteiger partial charge in [-0.2, -0.15) is 5.10 Å². The zero-order valence-electron chi connectivity index (χ0n) is 19.4. The maximum atomic E-state index is 12.0. The van der Waals surface area contributed by atoms with Crippen molar-refractivity contribution < 1.29 is 4.79 Å². The van der Waals surface area contributed by atoms with E-state index in [1.165, 1.54) is 0 Å². The van der Waals surface area contributed by atoms with Gasteiger partial charge < -0.3 is 10.3 Å². The van der Waals surface area contributed by atoms with Crippen LogP contribution in [0.3, 0.4) is 0 Å². The quantitative estimate of drug-likeness (QED) is 0.316. The minimum absolute atomic E-state index is 0.0398. The number of nitrogens with zero attached hydrogens (tertiary/aromatic N) is 6. The Hall–Kier alpha value is -4.99. The van der Waals surface area contributed by atoms with E-state index in [1.807, 2.05) is 37.3 Å². The Labute approximate surface area is 205 Å². The Bertz CT molecular complexity index is 1710. The molecule has 0 spiro atoms. The molecule has 3 N–H and O–H groups in total. The van der Waals surface area contributed by atoms with Crippen LogP contribution in [-0.4, -0.2) is 46.0 Å². The van der Waals surface area contributed by atoms with Crippen LogP contribution in [-0.2, 0) is 4.79 Å². The summed E-state index contributed by atoms with van der Waals surface area (Å²) in [6.45, 7) is 1.97. The van der Waals surface area contributed by atoms with Gasteiger partial charge >= 0.3 is 0 Å². The molecule has 0 aliphatic rings. The number of carbonyl (C=O) groups excluding carboxylic acids is 1. The van der Waals surface area contributed by atoms with Gasteiger partial charge in [-0.05, 0) is 30.7 Å². The van der Waals surface area contributed by atoms with E-state index in [0.29, 0.717) is 34.8 Å². The predicted octanol–water partition coefficient (Wildman–Crippen LogP) is 4.76. The number of aromatic amines is 2. The SMILES string of the molecule is CCCC(=O)Nc1cncc(-c2ccc3[nH]nc(-c4nc5c(-c6cccnc6)cncc5[nH]4)c3n2)c1. The highest BCUT2D eigenvalue weighted by Crippen LogP contribution is 2.31. The molecule has 6 rings (SSSR count). The number of pyridine rings is 4. The van der Waals surface area contributed by atoms with Gasteiger partial charge in [-0.25, -0.2) is 9.97 Å². The molecule has 6 heterocycles. The van der Waals surface area contributed by atoms with Gasteiger partial charge in [0.15, 0.2) is 11.5 Å². The first-order chi connectivity index (χ1) is 17.7. The van der Waals surface area contributed by atoms with Crippen LogP contribution in [0.2, 0.25) is 0 Å². The standard InChI is InChI=1S/C26H21N9O/c1-2-4-22(36)30-17-9-16(11-28-12-17)19-6-7-20-24(31-19)25(35-34-20)26-32-21-14-29-13-18(23(21)33-26)15-5-3-8-27-10-15/h3,5-14H,2,4H2,1H3,(H,30,36)(H,32,33)(H,34,35). The van der Waals surface area contributed by atoms with Gasteiger partial charge in [0.25, 0.3) is 0 Å². The number of hydrogen-bond donors (Lipinski definition) is 3. The fourth-order valence-corrected chi connectivity index (χ4v) is 4.10. The molecule has 0 saturated carbocycles. The van der Waals surface area contributed by atoms with Crippen LogP contribution in [0.4, 0.5) is 5.69 Å². The average Bonchev–Trinajstić information content (AvgIpc) is 3.53. The van der Waals surface area contributed by atoms with E-state index in [2.05, 4.69) is 35.5 Å². The first-order valence-corrected chi connectivity index (χ1v) is 11.5. The monoisotopic (exact) mass is 475 g/mol. The lowest BCUT2D eigenvalue weighted by Gasteiger charge is -2.06. The van der Waals surface area contributed by atoms with E-state index in [4.69, 9.17) is 9.97 Å². The molecule has 0 atom stereocenters. The van der Waals surface area contributed by atoms with E-state index >= 15 is 0 Å². The molecule has 0 aliphatic heterocycles. The summed E-state index contributed by atoms with van der Waals surface area (Å²) < 4.78 is 0. The Balaban J connectivity index is 1.40. The summed E-state index contributed by atoms with van der Waals surface area (Å²) in [5.41, 5.74) is 7.54. The van der Waals surface area contributed by atoms with Gasteiger partial charge in [-0.3, -0.25) is 24.8 Å². The lowest BCUT2D eigenvalue weighted by Crippen LogP contribution is -2.10. The van der Waals surface area contributed by atoms with Crippen molar-refractivity contribution in [2.24, 2.45) is 0 Å². The van der Waals surface area contributed by atoms with Crippen LogP contribution in [0, 0.1) is 0 Å². The Morgan fingerprint density at radius 1 is 0.917 bits per heavy atom. The number of nitrogens with one attached hydrogen (secondary N) is 3. The van der Waals surface area contributed by atoms with E-state index < -0.39 is 0 Å². The molecule has 10 nitrogen and oxygen atoms in total. The molecule has 6 aromatic rings. The molecular weight excluding hydrogens is 454 g/mol. The fourth-order valence-electron chi connectivity index (χ4n) is 4.10. The minimum atomic E-state index is -0.0398. The zero-order valence-corrected chi connectivity index (χ0v) is 19.4. The molecule has 0 radical (unpaired) electrons. The third-order valence-corrected chi connectivity index (χ3v) is 5.79. The number of H-pyrrole nitrogens is 2. The molecule has 1 amide bonds. The van der Waals surface area contributed by atoms with Gasteiger partial charge in [0, 0.05) is 47.9 Å². The molecule has 0 aromatic carbocycles. The Morgan fingerprint density at radius 3 is 2.67 bits per heavy atom. The maximum Gasteiger partial charge on any atom is 0.224 e. The molecule has 176 valence electrons. The van der Waals surface area contributed by atoms with Crippen molar-refractivity contribution in [3.05, 3.63) is 67.5 Å². The van der Waals surface area contributed by atoms with Crippen molar-refractivity contribution in [2.75, 3.05) is 5.32 Å². The summed E-state index contributed by atoms with van der Waals surface area (Å²) in [6, 6.07) is 9.53. The third kappa shape index (κ3) is 3.94. The summed E-state index contributed by atoms with van der Waals surface area (Å²) in [4.78, 5) is 37.9. The van der Waals surface area contributed by atoms with Gasteiger partial charge in [0.05, 0.1) is 34.8 Å². The van der Waals surface area contributed by atoms with Gasteiger partial charge in [-0.1, -0.05) is 13.0 Å². The predicted molar refractivity (Wildman–Crippen MR) is 137 cm³/mol. The van der Waals surface area contributed by atoms with Gasteiger partial charge in [0.2, 0.25) is 5.91 Å². The summed E-state index contributed by atoms with van der Waals surface area (Å²) in [5.74, 6) is 0.541. The number of aromatic nitrogens is 8. The van der Waals surface area contributed by atoms with Gasteiger partial charge in [-0.15, -0.1) is 0 Å². The Kier molecular flexibility index (Phi) is 5.38. The van der Waals surface area contributed by atoms with Crippen molar-refractivity contribution in [1.82, 2.24) is 40.1 Å². The fraction of sp³-hybridized carbons (Fsp3) is 0.115. The van der Waals surface area contributed by atoms with Crippen LogP contribution in [0.15, 0.2) is 67.5 Å². The largest absolute Gasteiger partial charge is 0.335 e. The van der Waals surface area contributed by atoms with Gasteiger partial charge in [0.1, 0.15) is 11.0 Å².